The van der Waals surface area contributed by atoms with Crippen LogP contribution in [0, 0.1) is 0 Å². The van der Waals surface area contributed by atoms with Gasteiger partial charge in [-0.05, 0) is 60.7 Å². The lowest BCUT2D eigenvalue weighted by Gasteiger charge is -2.28. The Morgan fingerprint density at radius 2 is 1.65 bits per heavy atom. The van der Waals surface area contributed by atoms with Crippen LogP contribution in [0.3, 0.4) is 0 Å². The number of hydrogen-bond donors (Lipinski definition) is 3. The van der Waals surface area contributed by atoms with Crippen molar-refractivity contribution in [3.05, 3.63) is 96.4 Å². The fourth-order valence-electron chi connectivity index (χ4n) is 4.49. The van der Waals surface area contributed by atoms with E-state index < -0.39 is 5.97 Å². The largest absolute Gasteiger partial charge is 0.478 e. The zero-order valence-electron chi connectivity index (χ0n) is 21.3. The monoisotopic (exact) mass is 535 g/mol. The molecule has 1 aliphatic rings. The number of ether oxygens (including phenoxy) is 1. The molecule has 11 heteroatoms. The number of anilines is 4. The van der Waals surface area contributed by atoms with Crippen LogP contribution in [0.5, 0.6) is 0 Å². The average Bonchev–Trinajstić information content (AvgIpc) is 3.48. The van der Waals surface area contributed by atoms with Gasteiger partial charge in [-0.15, -0.1) is 0 Å². The number of nitrogens with zero attached hydrogens (tertiary/aromatic N) is 5. The number of rotatable bonds is 7. The second kappa shape index (κ2) is 10.8. The van der Waals surface area contributed by atoms with Crippen LogP contribution in [0.25, 0.3) is 16.9 Å². The minimum Gasteiger partial charge on any atom is -0.478 e. The van der Waals surface area contributed by atoms with E-state index in [4.69, 9.17) is 14.8 Å². The van der Waals surface area contributed by atoms with Gasteiger partial charge < -0.3 is 25.4 Å². The molecule has 0 radical (unpaired) electrons. The first-order valence-corrected chi connectivity index (χ1v) is 12.7. The number of carboxylic acids is 1. The molecule has 3 N–H and O–H groups in total. The Bertz CT molecular complexity index is 1680. The van der Waals surface area contributed by atoms with Gasteiger partial charge in [-0.3, -0.25) is 4.79 Å². The van der Waals surface area contributed by atoms with E-state index in [1.165, 1.54) is 18.5 Å². The maximum atomic E-state index is 12.9. The first-order chi connectivity index (χ1) is 19.5. The summed E-state index contributed by atoms with van der Waals surface area (Å²) in [5.74, 6) is -0.825. The van der Waals surface area contributed by atoms with Gasteiger partial charge in [0.2, 0.25) is 0 Å². The summed E-state index contributed by atoms with van der Waals surface area (Å²) in [6.45, 7) is 3.18. The highest BCUT2D eigenvalue weighted by molar-refractivity contribution is 6.05. The number of benzene rings is 3. The molecule has 3 aromatic carbocycles. The van der Waals surface area contributed by atoms with Gasteiger partial charge in [0.05, 0.1) is 30.7 Å². The van der Waals surface area contributed by atoms with Crippen LogP contribution < -0.4 is 15.5 Å². The van der Waals surface area contributed by atoms with Crippen LogP contribution in [0.2, 0.25) is 0 Å². The molecule has 11 nitrogen and oxygen atoms in total. The summed E-state index contributed by atoms with van der Waals surface area (Å²) in [6, 6.07) is 21.2. The van der Waals surface area contributed by atoms with Gasteiger partial charge in [0.15, 0.2) is 11.5 Å². The van der Waals surface area contributed by atoms with Crippen molar-refractivity contribution in [2.45, 2.75) is 0 Å². The normalized spacial score (nSPS) is 13.2. The summed E-state index contributed by atoms with van der Waals surface area (Å²) >= 11 is 0. The molecule has 200 valence electrons. The van der Waals surface area contributed by atoms with E-state index in [9.17, 15) is 9.59 Å². The summed E-state index contributed by atoms with van der Waals surface area (Å²) in [6.07, 6.45) is 3.23. The summed E-state index contributed by atoms with van der Waals surface area (Å²) in [7, 11) is 0. The number of carbonyl (C=O) groups is 2. The molecule has 1 fully saturated rings. The van der Waals surface area contributed by atoms with E-state index in [0.717, 1.165) is 43.2 Å². The Kier molecular flexibility index (Phi) is 6.77. The van der Waals surface area contributed by atoms with Crippen molar-refractivity contribution in [1.29, 1.82) is 0 Å². The molecule has 1 saturated heterocycles. The van der Waals surface area contributed by atoms with Crippen molar-refractivity contribution in [3.8, 4) is 11.3 Å². The summed E-state index contributed by atoms with van der Waals surface area (Å²) < 4.78 is 7.09. The predicted molar refractivity (Wildman–Crippen MR) is 150 cm³/mol. The van der Waals surface area contributed by atoms with Gasteiger partial charge in [0, 0.05) is 41.3 Å². The van der Waals surface area contributed by atoms with Crippen molar-refractivity contribution in [1.82, 2.24) is 19.6 Å². The number of aromatic nitrogens is 4. The van der Waals surface area contributed by atoms with Crippen molar-refractivity contribution >= 4 is 40.4 Å². The lowest BCUT2D eigenvalue weighted by atomic mass is 10.1. The maximum Gasteiger partial charge on any atom is 0.335 e. The van der Waals surface area contributed by atoms with E-state index in [2.05, 4.69) is 37.7 Å². The van der Waals surface area contributed by atoms with E-state index >= 15 is 0 Å². The van der Waals surface area contributed by atoms with Crippen molar-refractivity contribution in [2.24, 2.45) is 0 Å². The van der Waals surface area contributed by atoms with E-state index in [-0.39, 0.29) is 11.5 Å². The molecule has 3 heterocycles. The summed E-state index contributed by atoms with van der Waals surface area (Å²) in [5.41, 5.74) is 4.95. The highest BCUT2D eigenvalue weighted by Gasteiger charge is 2.15. The van der Waals surface area contributed by atoms with Crippen LogP contribution >= 0.6 is 0 Å². The van der Waals surface area contributed by atoms with Crippen LogP contribution in [-0.4, -0.2) is 62.9 Å². The third kappa shape index (κ3) is 5.31. The molecule has 1 amide bonds. The third-order valence-electron chi connectivity index (χ3n) is 6.58. The predicted octanol–water partition coefficient (Wildman–Crippen LogP) is 4.32. The molecule has 0 atom stereocenters. The highest BCUT2D eigenvalue weighted by atomic mass is 16.5. The second-order valence-electron chi connectivity index (χ2n) is 9.19. The smallest absolute Gasteiger partial charge is 0.335 e. The number of amides is 1. The zero-order valence-corrected chi connectivity index (χ0v) is 21.3. The topological polar surface area (TPSA) is 134 Å². The number of fused-ring (bicyclic) bond motifs is 1. The number of hydrogen-bond acceptors (Lipinski definition) is 8. The summed E-state index contributed by atoms with van der Waals surface area (Å²) in [5, 5.41) is 19.5. The highest BCUT2D eigenvalue weighted by Crippen LogP contribution is 2.26. The van der Waals surface area contributed by atoms with Crippen LogP contribution in [0.4, 0.5) is 22.9 Å². The van der Waals surface area contributed by atoms with Gasteiger partial charge >= 0.3 is 5.97 Å². The Hall–Kier alpha value is -5.29. The van der Waals surface area contributed by atoms with E-state index in [1.807, 2.05) is 18.2 Å². The van der Waals surface area contributed by atoms with E-state index in [1.54, 1.807) is 41.0 Å². The molecule has 6 rings (SSSR count). The number of aromatic carboxylic acids is 1. The van der Waals surface area contributed by atoms with Crippen LogP contribution in [0.15, 0.2) is 85.3 Å². The second-order valence-corrected chi connectivity index (χ2v) is 9.19. The molecular weight excluding hydrogens is 510 g/mol. The fraction of sp³-hybridized carbons (Fsp3) is 0.138. The van der Waals surface area contributed by atoms with Gasteiger partial charge in [-0.1, -0.05) is 12.1 Å². The number of morpholine rings is 1. The van der Waals surface area contributed by atoms with Gasteiger partial charge in [-0.2, -0.15) is 5.10 Å². The molecule has 2 aromatic heterocycles. The van der Waals surface area contributed by atoms with Crippen molar-refractivity contribution in [2.75, 3.05) is 41.8 Å². The SMILES string of the molecule is O=C(O)c1ccc(NC(=O)c2cccc(-c3cn4ncnc4c(Nc4ccc(N5CCOCC5)cc4)n3)c2)cc1. The van der Waals surface area contributed by atoms with Gasteiger partial charge in [0.1, 0.15) is 6.33 Å². The first-order valence-electron chi connectivity index (χ1n) is 12.7. The quantitative estimate of drug-likeness (QED) is 0.278. The molecular formula is C29H25N7O4. The number of nitrogens with one attached hydrogen (secondary N) is 2. The Balaban J connectivity index is 1.24. The molecule has 5 aromatic rings. The summed E-state index contributed by atoms with van der Waals surface area (Å²) in [4.78, 5) is 35.5. The third-order valence-corrected chi connectivity index (χ3v) is 6.58. The standard InChI is InChI=1S/C29H25N7O4/c37-28(33-23-6-4-19(5-7-23)29(38)39)21-3-1-2-20(16-21)25-17-36-27(30-18-31-36)26(34-25)32-22-8-10-24(11-9-22)35-12-14-40-15-13-35/h1-11,16-18H,12-15H2,(H,32,34)(H,33,37)(H,38,39). The Morgan fingerprint density at radius 3 is 2.40 bits per heavy atom. The minimum absolute atomic E-state index is 0.145. The Morgan fingerprint density at radius 1 is 0.900 bits per heavy atom. The average molecular weight is 536 g/mol. The molecule has 0 bridgehead atoms. The van der Waals surface area contributed by atoms with Gasteiger partial charge in [0.25, 0.3) is 5.91 Å². The lowest BCUT2D eigenvalue weighted by molar-refractivity contribution is 0.0696. The molecule has 40 heavy (non-hydrogen) atoms. The first kappa shape index (κ1) is 25.0. The molecule has 0 unspecified atom stereocenters. The number of carbonyl (C=O) groups excluding carboxylic acids is 1. The zero-order chi connectivity index (χ0) is 27.5. The van der Waals surface area contributed by atoms with Crippen LogP contribution in [0.1, 0.15) is 20.7 Å². The maximum absolute atomic E-state index is 12.9. The van der Waals surface area contributed by atoms with Gasteiger partial charge in [-0.25, -0.2) is 19.3 Å². The van der Waals surface area contributed by atoms with Crippen LogP contribution in [-0.2, 0) is 4.74 Å². The molecule has 0 saturated carbocycles. The Labute approximate surface area is 229 Å². The molecule has 1 aliphatic heterocycles. The lowest BCUT2D eigenvalue weighted by Crippen LogP contribution is -2.36. The fourth-order valence-corrected chi connectivity index (χ4v) is 4.49. The molecule has 0 aliphatic carbocycles. The number of carboxylic acid groups (broad SMARTS) is 1. The van der Waals surface area contributed by atoms with E-state index in [0.29, 0.717) is 28.4 Å². The van der Waals surface area contributed by atoms with Crippen molar-refractivity contribution in [3.63, 3.8) is 0 Å². The molecule has 0 spiro atoms. The van der Waals surface area contributed by atoms with Crippen molar-refractivity contribution < 1.29 is 19.4 Å². The minimum atomic E-state index is -1.03.